The van der Waals surface area contributed by atoms with Gasteiger partial charge in [-0.2, -0.15) is 0 Å². The maximum atomic E-state index is 11.4. The minimum atomic E-state index is -0.350. The average Bonchev–Trinajstić information content (AvgIpc) is 3.00. The summed E-state index contributed by atoms with van der Waals surface area (Å²) < 4.78 is 5.28. The molecule has 0 aliphatic heterocycles. The van der Waals surface area contributed by atoms with Gasteiger partial charge in [0.2, 0.25) is 0 Å². The second-order valence-electron chi connectivity index (χ2n) is 10.8. The molecular weight excluding hydrogens is 372 g/mol. The molecule has 162 valence electrons. The molecule has 0 saturated heterocycles. The Balaban J connectivity index is 1.44. The predicted molar refractivity (Wildman–Crippen MR) is 120 cm³/mol. The molecule has 3 heteroatoms. The van der Waals surface area contributed by atoms with Gasteiger partial charge in [0.15, 0.2) is 0 Å². The van der Waals surface area contributed by atoms with E-state index < -0.39 is 0 Å². The summed E-state index contributed by atoms with van der Waals surface area (Å²) in [5, 5.41) is 21.6. The lowest BCUT2D eigenvalue weighted by atomic mass is 9.48. The van der Waals surface area contributed by atoms with Crippen LogP contribution in [0.25, 0.3) is 6.08 Å². The Morgan fingerprint density at radius 1 is 1.00 bits per heavy atom. The summed E-state index contributed by atoms with van der Waals surface area (Å²) in [5.41, 5.74) is 4.08. The van der Waals surface area contributed by atoms with Gasteiger partial charge in [-0.25, -0.2) is 0 Å². The fraction of sp³-hybridized carbons (Fsp3) is 0.630. The number of hydrogen-bond acceptors (Lipinski definition) is 3. The van der Waals surface area contributed by atoms with Gasteiger partial charge < -0.3 is 14.9 Å². The van der Waals surface area contributed by atoms with Crippen LogP contribution in [-0.4, -0.2) is 29.5 Å². The van der Waals surface area contributed by atoms with Crippen molar-refractivity contribution in [2.75, 3.05) is 7.11 Å². The Morgan fingerprint density at radius 2 is 1.77 bits per heavy atom. The van der Waals surface area contributed by atoms with Crippen molar-refractivity contribution in [3.05, 3.63) is 47.1 Å². The van der Waals surface area contributed by atoms with Crippen LogP contribution in [0.15, 0.2) is 41.5 Å². The van der Waals surface area contributed by atoms with Crippen LogP contribution in [-0.2, 0) is 0 Å². The van der Waals surface area contributed by atoms with E-state index in [0.29, 0.717) is 17.8 Å². The Morgan fingerprint density at radius 3 is 2.50 bits per heavy atom. The summed E-state index contributed by atoms with van der Waals surface area (Å²) >= 11 is 0. The van der Waals surface area contributed by atoms with Gasteiger partial charge in [0, 0.05) is 5.41 Å². The van der Waals surface area contributed by atoms with Crippen molar-refractivity contribution in [2.24, 2.45) is 28.6 Å². The number of fused-ring (bicyclic) bond motifs is 5. The number of aliphatic hydroxyl groups excluding tert-OH is 2. The number of methoxy groups -OCH3 is 1. The molecule has 0 amide bonds. The Hall–Kier alpha value is -1.58. The number of hydrogen-bond donors (Lipinski definition) is 2. The SMILES string of the molecule is COc1ccc(/C=C2/CC3C4CC=C5CC(O)CCC5(C)C4CCC3(C)C2O)cc1. The van der Waals surface area contributed by atoms with Gasteiger partial charge in [0.1, 0.15) is 5.75 Å². The predicted octanol–water partition coefficient (Wildman–Crippen LogP) is 5.37. The first-order valence-electron chi connectivity index (χ1n) is 11.8. The topological polar surface area (TPSA) is 49.7 Å². The lowest BCUT2D eigenvalue weighted by molar-refractivity contribution is -0.0685. The molecule has 30 heavy (non-hydrogen) atoms. The van der Waals surface area contributed by atoms with Crippen molar-refractivity contribution in [3.63, 3.8) is 0 Å². The van der Waals surface area contributed by atoms with Crippen LogP contribution < -0.4 is 4.74 Å². The monoisotopic (exact) mass is 408 g/mol. The van der Waals surface area contributed by atoms with Gasteiger partial charge in [0.25, 0.3) is 0 Å². The highest BCUT2D eigenvalue weighted by Gasteiger charge is 2.59. The second kappa shape index (κ2) is 7.24. The smallest absolute Gasteiger partial charge is 0.118 e. The molecule has 4 aliphatic rings. The molecule has 3 nitrogen and oxygen atoms in total. The normalized spacial score (nSPS) is 44.1. The van der Waals surface area contributed by atoms with E-state index in [-0.39, 0.29) is 23.0 Å². The molecule has 3 fully saturated rings. The molecule has 0 radical (unpaired) electrons. The largest absolute Gasteiger partial charge is 0.497 e. The summed E-state index contributed by atoms with van der Waals surface area (Å²) in [7, 11) is 1.69. The summed E-state index contributed by atoms with van der Waals surface area (Å²) in [6.45, 7) is 4.79. The lowest BCUT2D eigenvalue weighted by Gasteiger charge is -2.57. The van der Waals surface area contributed by atoms with E-state index in [1.807, 2.05) is 12.1 Å². The van der Waals surface area contributed by atoms with Crippen molar-refractivity contribution in [2.45, 2.75) is 71.0 Å². The highest BCUT2D eigenvalue weighted by Crippen LogP contribution is 2.65. The third-order valence-electron chi connectivity index (χ3n) is 9.41. The van der Waals surface area contributed by atoms with Gasteiger partial charge >= 0.3 is 0 Å². The molecule has 7 atom stereocenters. The van der Waals surface area contributed by atoms with Gasteiger partial charge in [-0.05, 0) is 91.4 Å². The van der Waals surface area contributed by atoms with Crippen molar-refractivity contribution in [3.8, 4) is 5.75 Å². The van der Waals surface area contributed by atoms with Crippen LogP contribution in [0.2, 0.25) is 0 Å². The number of allylic oxidation sites excluding steroid dienone is 1. The Bertz CT molecular complexity index is 869. The number of aliphatic hydroxyl groups is 2. The summed E-state index contributed by atoms with van der Waals surface area (Å²) in [5.74, 6) is 2.74. The van der Waals surface area contributed by atoms with E-state index in [4.69, 9.17) is 4.74 Å². The molecule has 5 rings (SSSR count). The zero-order valence-corrected chi connectivity index (χ0v) is 18.6. The molecule has 0 spiro atoms. The fourth-order valence-corrected chi connectivity index (χ4v) is 7.55. The van der Waals surface area contributed by atoms with Crippen LogP contribution in [0.5, 0.6) is 5.75 Å². The summed E-state index contributed by atoms with van der Waals surface area (Å²) in [6, 6.07) is 8.14. The minimum Gasteiger partial charge on any atom is -0.497 e. The van der Waals surface area contributed by atoms with E-state index in [9.17, 15) is 10.2 Å². The maximum absolute atomic E-state index is 11.4. The van der Waals surface area contributed by atoms with E-state index in [0.717, 1.165) is 49.8 Å². The Labute approximate surface area is 180 Å². The van der Waals surface area contributed by atoms with E-state index in [1.165, 1.54) is 17.6 Å². The summed E-state index contributed by atoms with van der Waals surface area (Å²) in [4.78, 5) is 0. The van der Waals surface area contributed by atoms with Crippen LogP contribution >= 0.6 is 0 Å². The standard InChI is InChI=1S/C27H36O3/c1-26-12-10-20(28)16-19(26)6-9-22-23(26)11-13-27(2)24(22)15-18(25(27)29)14-17-4-7-21(30-3)8-5-17/h4-8,14,20,22-25,28-29H,9-13,15-16H2,1-3H3/b18-14-. The van der Waals surface area contributed by atoms with E-state index in [1.54, 1.807) is 7.11 Å². The number of benzene rings is 1. The highest BCUT2D eigenvalue weighted by molar-refractivity contribution is 5.56. The van der Waals surface area contributed by atoms with Crippen LogP contribution in [0.1, 0.15) is 64.4 Å². The molecule has 0 bridgehead atoms. The molecular formula is C27H36O3. The number of rotatable bonds is 2. The van der Waals surface area contributed by atoms with E-state index in [2.05, 4.69) is 38.1 Å². The van der Waals surface area contributed by atoms with E-state index >= 15 is 0 Å². The minimum absolute atomic E-state index is 0.0185. The summed E-state index contributed by atoms with van der Waals surface area (Å²) in [6.07, 6.45) is 11.5. The number of ether oxygens (including phenoxy) is 1. The van der Waals surface area contributed by atoms with Crippen molar-refractivity contribution in [1.29, 1.82) is 0 Å². The molecule has 7 unspecified atom stereocenters. The molecule has 2 N–H and O–H groups in total. The van der Waals surface area contributed by atoms with Gasteiger partial charge in [-0.3, -0.25) is 0 Å². The van der Waals surface area contributed by atoms with Crippen molar-refractivity contribution >= 4 is 6.08 Å². The van der Waals surface area contributed by atoms with Crippen molar-refractivity contribution in [1.82, 2.24) is 0 Å². The van der Waals surface area contributed by atoms with Gasteiger partial charge in [-0.15, -0.1) is 0 Å². The zero-order valence-electron chi connectivity index (χ0n) is 18.6. The molecule has 3 saturated carbocycles. The highest BCUT2D eigenvalue weighted by atomic mass is 16.5. The average molecular weight is 409 g/mol. The quantitative estimate of drug-likeness (QED) is 0.647. The molecule has 0 aromatic heterocycles. The molecule has 4 aliphatic carbocycles. The lowest BCUT2D eigenvalue weighted by Crippen LogP contribution is -2.51. The van der Waals surface area contributed by atoms with Crippen LogP contribution in [0, 0.1) is 28.6 Å². The van der Waals surface area contributed by atoms with Crippen LogP contribution in [0.3, 0.4) is 0 Å². The molecule has 1 aromatic rings. The van der Waals surface area contributed by atoms with Crippen molar-refractivity contribution < 1.29 is 14.9 Å². The molecule has 0 heterocycles. The van der Waals surface area contributed by atoms with Gasteiger partial charge in [-0.1, -0.05) is 43.7 Å². The maximum Gasteiger partial charge on any atom is 0.118 e. The third kappa shape index (κ3) is 3.00. The van der Waals surface area contributed by atoms with Crippen LogP contribution in [0.4, 0.5) is 0 Å². The molecule has 1 aromatic carbocycles. The first-order chi connectivity index (χ1) is 14.3. The Kier molecular flexibility index (Phi) is 4.91. The fourth-order valence-electron chi connectivity index (χ4n) is 7.55. The second-order valence-corrected chi connectivity index (χ2v) is 10.8. The zero-order chi connectivity index (χ0) is 21.1. The third-order valence-corrected chi connectivity index (χ3v) is 9.41. The first-order valence-corrected chi connectivity index (χ1v) is 11.8. The van der Waals surface area contributed by atoms with Gasteiger partial charge in [0.05, 0.1) is 19.3 Å². The first kappa shape index (κ1) is 20.3.